The van der Waals surface area contributed by atoms with Crippen LogP contribution >= 0.6 is 0 Å². The molecule has 6 aromatic carbocycles. The number of rotatable bonds is 2. The lowest BCUT2D eigenvalue weighted by Gasteiger charge is -2.41. The van der Waals surface area contributed by atoms with Crippen molar-refractivity contribution in [3.05, 3.63) is 166 Å². The number of halogens is 2. The van der Waals surface area contributed by atoms with Crippen LogP contribution in [0.15, 0.2) is 115 Å². The highest BCUT2D eigenvalue weighted by atomic mass is 19.1. The van der Waals surface area contributed by atoms with Crippen LogP contribution < -0.4 is 4.74 Å². The van der Waals surface area contributed by atoms with Crippen LogP contribution in [-0.4, -0.2) is 0 Å². The normalized spacial score (nSPS) is 20.3. The fourth-order valence-electron chi connectivity index (χ4n) is 10.0. The van der Waals surface area contributed by atoms with Gasteiger partial charge < -0.3 is 4.74 Å². The van der Waals surface area contributed by atoms with E-state index in [0.717, 1.165) is 82.5 Å². The Bertz CT molecular complexity index is 2400. The highest BCUT2D eigenvalue weighted by Gasteiger charge is 2.50. The Hall–Kier alpha value is -5.02. The lowest BCUT2D eigenvalue weighted by molar-refractivity contribution is 0.163. The lowest BCUT2D eigenvalue weighted by Crippen LogP contribution is -2.36. The zero-order chi connectivity index (χ0) is 33.1. The molecule has 1 spiro atoms. The number of fused-ring (bicyclic) bond motifs is 13. The van der Waals surface area contributed by atoms with Gasteiger partial charge in [0.1, 0.15) is 17.4 Å². The molecule has 240 valence electrons. The SMILES string of the molecule is CC1(C)c2ccccc2-c2ccc(C3(c4ccccc4)C=Cc4c5c(c6ccccc6c4O3)-c3cc(F)cc(F)c3C53CCCCC3)cc21. The minimum atomic E-state index is -0.909. The van der Waals surface area contributed by atoms with E-state index in [1.54, 1.807) is 6.07 Å². The summed E-state index contributed by atoms with van der Waals surface area (Å²) in [6.45, 7) is 4.62. The first-order valence-corrected chi connectivity index (χ1v) is 17.6. The third kappa shape index (κ3) is 3.74. The number of hydrogen-bond donors (Lipinski definition) is 0. The Morgan fingerprint density at radius 2 is 1.33 bits per heavy atom. The molecule has 3 heteroatoms. The van der Waals surface area contributed by atoms with Crippen LogP contribution in [0.1, 0.15) is 84.9 Å². The van der Waals surface area contributed by atoms with Gasteiger partial charge in [-0.05, 0) is 75.4 Å². The second-order valence-electron chi connectivity index (χ2n) is 15.0. The van der Waals surface area contributed by atoms with Crippen LogP contribution in [0, 0.1) is 11.6 Å². The van der Waals surface area contributed by atoms with E-state index < -0.39 is 22.7 Å². The fourth-order valence-corrected chi connectivity index (χ4v) is 10.0. The molecule has 1 nitrogen and oxygen atoms in total. The van der Waals surface area contributed by atoms with Gasteiger partial charge in [0.2, 0.25) is 0 Å². The Balaban J connectivity index is 1.26. The Morgan fingerprint density at radius 1 is 0.612 bits per heavy atom. The average Bonchev–Trinajstić information content (AvgIpc) is 3.53. The van der Waals surface area contributed by atoms with Crippen LogP contribution in [0.3, 0.4) is 0 Å². The van der Waals surface area contributed by atoms with Gasteiger partial charge in [0.15, 0.2) is 5.60 Å². The van der Waals surface area contributed by atoms with E-state index in [9.17, 15) is 0 Å². The summed E-state index contributed by atoms with van der Waals surface area (Å²) < 4.78 is 38.7. The molecule has 1 heterocycles. The summed E-state index contributed by atoms with van der Waals surface area (Å²) in [5, 5.41) is 1.94. The summed E-state index contributed by atoms with van der Waals surface area (Å²) in [5.41, 5.74) is 10.1. The van der Waals surface area contributed by atoms with Gasteiger partial charge in [-0.2, -0.15) is 0 Å². The molecule has 0 saturated heterocycles. The summed E-state index contributed by atoms with van der Waals surface area (Å²) in [6.07, 6.45) is 9.24. The molecule has 0 radical (unpaired) electrons. The first-order chi connectivity index (χ1) is 23.8. The van der Waals surface area contributed by atoms with Crippen molar-refractivity contribution in [3.63, 3.8) is 0 Å². The van der Waals surface area contributed by atoms with E-state index in [1.165, 1.54) is 22.3 Å². The molecule has 1 atom stereocenters. The molecule has 0 N–H and O–H groups in total. The van der Waals surface area contributed by atoms with Crippen molar-refractivity contribution < 1.29 is 13.5 Å². The molecule has 1 aliphatic heterocycles. The smallest absolute Gasteiger partial charge is 0.178 e. The van der Waals surface area contributed by atoms with Crippen molar-refractivity contribution in [3.8, 4) is 28.0 Å². The van der Waals surface area contributed by atoms with Crippen LogP contribution in [0.25, 0.3) is 39.1 Å². The highest BCUT2D eigenvalue weighted by molar-refractivity contribution is 6.08. The van der Waals surface area contributed by atoms with Crippen LogP contribution in [0.2, 0.25) is 0 Å². The van der Waals surface area contributed by atoms with Gasteiger partial charge in [-0.25, -0.2) is 8.78 Å². The summed E-state index contributed by atoms with van der Waals surface area (Å²) in [4.78, 5) is 0. The molecule has 10 rings (SSSR count). The maximum atomic E-state index is 16.1. The molecule has 1 unspecified atom stereocenters. The Kier molecular flexibility index (Phi) is 5.91. The quantitative estimate of drug-likeness (QED) is 0.183. The molecule has 6 aromatic rings. The molecular formula is C46H36F2O. The van der Waals surface area contributed by atoms with Gasteiger partial charge in [0.25, 0.3) is 0 Å². The second kappa shape index (κ2) is 10.0. The minimum absolute atomic E-state index is 0.165. The molecule has 0 amide bonds. The monoisotopic (exact) mass is 642 g/mol. The third-order valence-electron chi connectivity index (χ3n) is 12.2. The number of benzene rings is 6. The average molecular weight is 643 g/mol. The van der Waals surface area contributed by atoms with Gasteiger partial charge in [-0.3, -0.25) is 0 Å². The van der Waals surface area contributed by atoms with E-state index in [1.807, 2.05) is 18.2 Å². The molecule has 1 saturated carbocycles. The molecule has 49 heavy (non-hydrogen) atoms. The predicted octanol–water partition coefficient (Wildman–Crippen LogP) is 12.0. The zero-order valence-electron chi connectivity index (χ0n) is 27.7. The molecule has 0 aromatic heterocycles. The van der Waals surface area contributed by atoms with Crippen molar-refractivity contribution in [1.82, 2.24) is 0 Å². The van der Waals surface area contributed by atoms with Gasteiger partial charge in [-0.1, -0.05) is 130 Å². The summed E-state index contributed by atoms with van der Waals surface area (Å²) in [6, 6.07) is 37.0. The molecule has 4 aliphatic rings. The molecular weight excluding hydrogens is 607 g/mol. The maximum absolute atomic E-state index is 16.1. The van der Waals surface area contributed by atoms with Crippen LogP contribution in [0.5, 0.6) is 5.75 Å². The second-order valence-corrected chi connectivity index (χ2v) is 15.0. The van der Waals surface area contributed by atoms with E-state index in [2.05, 4.69) is 105 Å². The predicted molar refractivity (Wildman–Crippen MR) is 194 cm³/mol. The Labute approximate surface area is 285 Å². The maximum Gasteiger partial charge on any atom is 0.178 e. The van der Waals surface area contributed by atoms with Crippen LogP contribution in [-0.2, 0) is 16.4 Å². The van der Waals surface area contributed by atoms with E-state index in [4.69, 9.17) is 4.74 Å². The van der Waals surface area contributed by atoms with E-state index in [-0.39, 0.29) is 5.41 Å². The minimum Gasteiger partial charge on any atom is -0.472 e. The van der Waals surface area contributed by atoms with E-state index in [0.29, 0.717) is 11.1 Å². The summed E-state index contributed by atoms with van der Waals surface area (Å²) in [7, 11) is 0. The molecule has 1 fully saturated rings. The third-order valence-corrected chi connectivity index (χ3v) is 12.2. The van der Waals surface area contributed by atoms with Crippen molar-refractivity contribution in [2.45, 2.75) is 62.4 Å². The Morgan fingerprint density at radius 3 is 2.14 bits per heavy atom. The number of ether oxygens (including phenoxy) is 1. The van der Waals surface area contributed by atoms with Gasteiger partial charge in [0, 0.05) is 44.5 Å². The molecule has 0 bridgehead atoms. The van der Waals surface area contributed by atoms with Crippen molar-refractivity contribution in [2.75, 3.05) is 0 Å². The number of hydrogen-bond acceptors (Lipinski definition) is 1. The summed E-state index contributed by atoms with van der Waals surface area (Å²) in [5.74, 6) is -0.164. The van der Waals surface area contributed by atoms with Crippen molar-refractivity contribution in [1.29, 1.82) is 0 Å². The van der Waals surface area contributed by atoms with Crippen LogP contribution in [0.4, 0.5) is 8.78 Å². The van der Waals surface area contributed by atoms with Gasteiger partial charge in [-0.15, -0.1) is 0 Å². The first kappa shape index (κ1) is 28.9. The first-order valence-electron chi connectivity index (χ1n) is 17.6. The zero-order valence-corrected chi connectivity index (χ0v) is 27.7. The van der Waals surface area contributed by atoms with Gasteiger partial charge in [0.05, 0.1) is 0 Å². The summed E-state index contributed by atoms with van der Waals surface area (Å²) >= 11 is 0. The largest absolute Gasteiger partial charge is 0.472 e. The van der Waals surface area contributed by atoms with Crippen molar-refractivity contribution >= 4 is 16.8 Å². The van der Waals surface area contributed by atoms with Crippen molar-refractivity contribution in [2.24, 2.45) is 0 Å². The van der Waals surface area contributed by atoms with Gasteiger partial charge >= 0.3 is 0 Å². The molecule has 3 aliphatic carbocycles. The standard InChI is InChI=1S/C46H36F2O/c1-44(2)37-18-10-9-15-31(37)32-20-19-29(25-38(32)44)46(28-13-5-3-6-14-28)24-21-35-42-40(33-16-7-8-17-34(33)43(35)49-46)36-26-30(47)27-39(48)41(36)45(42)22-11-4-12-23-45/h3,5-10,13-21,24-27H,4,11-12,22-23H2,1-2H3. The van der Waals surface area contributed by atoms with E-state index >= 15 is 8.78 Å². The fraction of sp³-hybridized carbons (Fsp3) is 0.217. The highest BCUT2D eigenvalue weighted by Crippen LogP contribution is 2.63. The lowest BCUT2D eigenvalue weighted by atomic mass is 9.66. The topological polar surface area (TPSA) is 9.23 Å².